The predicted molar refractivity (Wildman–Crippen MR) is 58.3 cm³/mol. The van der Waals surface area contributed by atoms with E-state index in [9.17, 15) is 9.59 Å². The molecule has 0 bridgehead atoms. The van der Waals surface area contributed by atoms with Crippen molar-refractivity contribution in [3.8, 4) is 0 Å². The summed E-state index contributed by atoms with van der Waals surface area (Å²) in [6.45, 7) is 1.82. The fraction of sp³-hybridized carbons (Fsp3) is 0.556. The van der Waals surface area contributed by atoms with E-state index in [4.69, 9.17) is 0 Å². The van der Waals surface area contributed by atoms with Gasteiger partial charge in [-0.3, -0.25) is 9.59 Å². The van der Waals surface area contributed by atoms with Crippen LogP contribution in [0.1, 0.15) is 22.3 Å². The quantitative estimate of drug-likeness (QED) is 0.713. The van der Waals surface area contributed by atoms with Gasteiger partial charge in [0.25, 0.3) is 5.91 Å². The number of likely N-dealkylation sites (N-methyl/N-ethyl adjacent to an activating group) is 1. The second kappa shape index (κ2) is 5.55. The van der Waals surface area contributed by atoms with Crippen molar-refractivity contribution < 1.29 is 14.3 Å². The molecule has 0 spiro atoms. The van der Waals surface area contributed by atoms with Crippen molar-refractivity contribution in [3.05, 3.63) is 10.6 Å². The molecule has 16 heavy (non-hydrogen) atoms. The van der Waals surface area contributed by atoms with Crippen molar-refractivity contribution in [2.75, 3.05) is 20.7 Å². The summed E-state index contributed by atoms with van der Waals surface area (Å²) in [5.41, 5.74) is 0.659. The molecule has 0 aliphatic carbocycles. The molecular formula is C9H13N3O3S. The van der Waals surface area contributed by atoms with E-state index in [0.717, 1.165) is 11.5 Å². The second-order valence-electron chi connectivity index (χ2n) is 3.14. The summed E-state index contributed by atoms with van der Waals surface area (Å²) < 4.78 is 8.21. The van der Waals surface area contributed by atoms with Gasteiger partial charge in [-0.05, 0) is 18.0 Å². The Bertz CT molecular complexity index is 391. The summed E-state index contributed by atoms with van der Waals surface area (Å²) in [7, 11) is 2.82. The fourth-order valence-corrected chi connectivity index (χ4v) is 1.85. The molecule has 0 atom stereocenters. The van der Waals surface area contributed by atoms with Crippen molar-refractivity contribution in [1.82, 2.24) is 14.5 Å². The number of esters is 1. The van der Waals surface area contributed by atoms with Gasteiger partial charge in [0, 0.05) is 7.05 Å². The van der Waals surface area contributed by atoms with Gasteiger partial charge in [-0.2, -0.15) is 0 Å². The molecule has 1 rings (SSSR count). The Labute approximate surface area is 97.4 Å². The number of aromatic nitrogens is 2. The van der Waals surface area contributed by atoms with Gasteiger partial charge in [0.1, 0.15) is 11.4 Å². The van der Waals surface area contributed by atoms with Crippen LogP contribution in [0.15, 0.2) is 0 Å². The third-order valence-electron chi connectivity index (χ3n) is 2.03. The first-order valence-corrected chi connectivity index (χ1v) is 5.51. The van der Waals surface area contributed by atoms with E-state index in [2.05, 4.69) is 14.3 Å². The van der Waals surface area contributed by atoms with Gasteiger partial charge in [-0.25, -0.2) is 0 Å². The molecule has 0 radical (unpaired) electrons. The first-order chi connectivity index (χ1) is 7.60. The smallest absolute Gasteiger partial charge is 0.325 e. The molecule has 0 aliphatic heterocycles. The fourth-order valence-electron chi connectivity index (χ4n) is 1.11. The molecule has 1 aromatic rings. The molecule has 0 unspecified atom stereocenters. The van der Waals surface area contributed by atoms with Gasteiger partial charge < -0.3 is 9.64 Å². The van der Waals surface area contributed by atoms with Crippen LogP contribution in [-0.4, -0.2) is 47.1 Å². The van der Waals surface area contributed by atoms with Crippen LogP contribution in [0.5, 0.6) is 0 Å². The zero-order valence-corrected chi connectivity index (χ0v) is 10.2. The van der Waals surface area contributed by atoms with E-state index in [1.165, 1.54) is 12.0 Å². The molecule has 6 nitrogen and oxygen atoms in total. The summed E-state index contributed by atoms with van der Waals surface area (Å²) in [5, 5.41) is 3.84. The monoisotopic (exact) mass is 243 g/mol. The molecule has 7 heteroatoms. The van der Waals surface area contributed by atoms with Crippen molar-refractivity contribution in [3.63, 3.8) is 0 Å². The number of methoxy groups -OCH3 is 1. The van der Waals surface area contributed by atoms with E-state index in [1.54, 1.807) is 7.05 Å². The lowest BCUT2D eigenvalue weighted by atomic mass is 10.3. The van der Waals surface area contributed by atoms with Gasteiger partial charge in [0.2, 0.25) is 0 Å². The van der Waals surface area contributed by atoms with Crippen LogP contribution in [0.3, 0.4) is 0 Å². The standard InChI is InChI=1S/C9H13N3O3S/c1-4-6-8(16-11-10-6)9(14)12(2)5-7(13)15-3/h4-5H2,1-3H3. The van der Waals surface area contributed by atoms with Crippen LogP contribution in [0, 0.1) is 0 Å². The third kappa shape index (κ3) is 2.75. The lowest BCUT2D eigenvalue weighted by Crippen LogP contribution is -2.32. The summed E-state index contributed by atoms with van der Waals surface area (Å²) in [5.74, 6) is -0.705. The molecule has 0 N–H and O–H groups in total. The van der Waals surface area contributed by atoms with E-state index >= 15 is 0 Å². The molecular weight excluding hydrogens is 230 g/mol. The van der Waals surface area contributed by atoms with Crippen molar-refractivity contribution in [2.45, 2.75) is 13.3 Å². The predicted octanol–water partition coefficient (Wildman–Crippen LogP) is 0.345. The highest BCUT2D eigenvalue weighted by atomic mass is 32.1. The number of nitrogens with zero attached hydrogens (tertiary/aromatic N) is 3. The van der Waals surface area contributed by atoms with Gasteiger partial charge in [-0.1, -0.05) is 11.4 Å². The highest BCUT2D eigenvalue weighted by Gasteiger charge is 2.20. The van der Waals surface area contributed by atoms with Crippen LogP contribution < -0.4 is 0 Å². The maximum absolute atomic E-state index is 11.9. The minimum Gasteiger partial charge on any atom is -0.468 e. The maximum Gasteiger partial charge on any atom is 0.325 e. The minimum absolute atomic E-state index is 0.0730. The summed E-state index contributed by atoms with van der Waals surface area (Å²) in [6.07, 6.45) is 0.642. The highest BCUT2D eigenvalue weighted by molar-refractivity contribution is 7.08. The summed E-state index contributed by atoms with van der Waals surface area (Å²) in [6, 6.07) is 0. The SMILES string of the molecule is CCc1nnsc1C(=O)N(C)CC(=O)OC. The third-order valence-corrected chi connectivity index (χ3v) is 2.78. The molecule has 0 aromatic carbocycles. The number of rotatable bonds is 4. The summed E-state index contributed by atoms with van der Waals surface area (Å²) >= 11 is 1.04. The number of carbonyl (C=O) groups excluding carboxylic acids is 2. The molecule has 0 fully saturated rings. The maximum atomic E-state index is 11.9. The Balaban J connectivity index is 2.74. The van der Waals surface area contributed by atoms with E-state index < -0.39 is 5.97 Å². The van der Waals surface area contributed by atoms with Crippen LogP contribution in [0.4, 0.5) is 0 Å². The second-order valence-corrected chi connectivity index (χ2v) is 3.89. The first kappa shape index (κ1) is 12.6. The Morgan fingerprint density at radius 3 is 2.75 bits per heavy atom. The number of aryl methyl sites for hydroxylation is 1. The molecule has 0 aliphatic rings. The molecule has 88 valence electrons. The molecule has 0 saturated heterocycles. The van der Waals surface area contributed by atoms with Gasteiger partial charge in [-0.15, -0.1) is 5.10 Å². The number of carbonyl (C=O) groups is 2. The first-order valence-electron chi connectivity index (χ1n) is 4.73. The van der Waals surface area contributed by atoms with E-state index in [-0.39, 0.29) is 12.5 Å². The normalized spacial score (nSPS) is 9.94. The number of hydrogen-bond donors (Lipinski definition) is 0. The molecule has 1 aromatic heterocycles. The number of amides is 1. The molecule has 1 amide bonds. The minimum atomic E-state index is -0.452. The van der Waals surface area contributed by atoms with Gasteiger partial charge >= 0.3 is 5.97 Å². The Morgan fingerprint density at radius 1 is 1.50 bits per heavy atom. The molecule has 0 saturated carbocycles. The lowest BCUT2D eigenvalue weighted by Gasteiger charge is -2.14. The van der Waals surface area contributed by atoms with Crippen molar-refractivity contribution >= 4 is 23.4 Å². The largest absolute Gasteiger partial charge is 0.468 e. The number of hydrogen-bond acceptors (Lipinski definition) is 6. The molecule has 1 heterocycles. The van der Waals surface area contributed by atoms with Crippen molar-refractivity contribution in [2.24, 2.45) is 0 Å². The zero-order chi connectivity index (χ0) is 12.1. The Kier molecular flexibility index (Phi) is 4.36. The Morgan fingerprint density at radius 2 is 2.19 bits per heavy atom. The topological polar surface area (TPSA) is 72.4 Å². The number of ether oxygens (including phenoxy) is 1. The Hall–Kier alpha value is -1.50. The average Bonchev–Trinajstić information content (AvgIpc) is 2.75. The lowest BCUT2D eigenvalue weighted by molar-refractivity contribution is -0.141. The van der Waals surface area contributed by atoms with Gasteiger partial charge in [0.15, 0.2) is 0 Å². The van der Waals surface area contributed by atoms with Crippen LogP contribution in [0.2, 0.25) is 0 Å². The van der Waals surface area contributed by atoms with Gasteiger partial charge in [0.05, 0.1) is 12.8 Å². The average molecular weight is 243 g/mol. The summed E-state index contributed by atoms with van der Waals surface area (Å²) in [4.78, 5) is 24.7. The highest BCUT2D eigenvalue weighted by Crippen LogP contribution is 2.13. The van der Waals surface area contributed by atoms with E-state index in [1.807, 2.05) is 6.92 Å². The van der Waals surface area contributed by atoms with Crippen molar-refractivity contribution in [1.29, 1.82) is 0 Å². The van der Waals surface area contributed by atoms with Crippen LogP contribution in [0.25, 0.3) is 0 Å². The van der Waals surface area contributed by atoms with Crippen LogP contribution in [-0.2, 0) is 16.0 Å². The van der Waals surface area contributed by atoms with Crippen LogP contribution >= 0.6 is 11.5 Å². The van der Waals surface area contributed by atoms with E-state index in [0.29, 0.717) is 17.0 Å². The zero-order valence-electron chi connectivity index (χ0n) is 9.39.